The van der Waals surface area contributed by atoms with Crippen molar-refractivity contribution in [2.24, 2.45) is 0 Å². The summed E-state index contributed by atoms with van der Waals surface area (Å²) >= 11 is 0. The largest absolute Gasteiger partial charge is 0.438 e. The van der Waals surface area contributed by atoms with Crippen LogP contribution >= 0.6 is 0 Å². The van der Waals surface area contributed by atoms with Crippen molar-refractivity contribution in [2.75, 3.05) is 48.8 Å². The third kappa shape index (κ3) is 5.52. The molecule has 2 aliphatic heterocycles. The maximum Gasteiger partial charge on any atom is 0.230 e. The zero-order valence-corrected chi connectivity index (χ0v) is 20.1. The van der Waals surface area contributed by atoms with Crippen LogP contribution in [0, 0.1) is 0 Å². The number of nitrogens with zero attached hydrogens (tertiary/aromatic N) is 4. The lowest BCUT2D eigenvalue weighted by molar-refractivity contribution is -0.115. The van der Waals surface area contributed by atoms with Crippen molar-refractivity contribution in [1.29, 1.82) is 0 Å². The lowest BCUT2D eigenvalue weighted by atomic mass is 10.2. The predicted octanol–water partition coefficient (Wildman–Crippen LogP) is 4.14. The highest BCUT2D eigenvalue weighted by atomic mass is 16.5. The van der Waals surface area contributed by atoms with Gasteiger partial charge in [0.2, 0.25) is 17.7 Å². The maximum atomic E-state index is 11.7. The van der Waals surface area contributed by atoms with E-state index in [-0.39, 0.29) is 5.91 Å². The lowest BCUT2D eigenvalue weighted by Crippen LogP contribution is -2.44. The number of aromatic nitrogens is 2. The summed E-state index contributed by atoms with van der Waals surface area (Å²) < 4.78 is 11.7. The molecular weight excluding hydrogens is 444 g/mol. The van der Waals surface area contributed by atoms with Crippen LogP contribution in [0.5, 0.6) is 11.6 Å². The van der Waals surface area contributed by atoms with Gasteiger partial charge < -0.3 is 29.9 Å². The number of carbonyl (C=O) groups is 1. The van der Waals surface area contributed by atoms with Gasteiger partial charge in [-0.3, -0.25) is 4.79 Å². The molecule has 0 saturated carbocycles. The Morgan fingerprint density at radius 1 is 1.03 bits per heavy atom. The Labute approximate surface area is 205 Å². The third-order valence-corrected chi connectivity index (χ3v) is 6.19. The molecule has 3 aromatic rings. The van der Waals surface area contributed by atoms with Gasteiger partial charge in [0.15, 0.2) is 0 Å². The quantitative estimate of drug-likeness (QED) is 0.528. The van der Waals surface area contributed by atoms with E-state index in [0.29, 0.717) is 42.9 Å². The molecule has 5 rings (SSSR count). The van der Waals surface area contributed by atoms with Gasteiger partial charge in [-0.15, -0.1) is 0 Å². The number of hydrogen-bond donors (Lipinski definition) is 2. The summed E-state index contributed by atoms with van der Waals surface area (Å²) in [6, 6.07) is 15.6. The zero-order valence-electron chi connectivity index (χ0n) is 20.1. The molecule has 2 aromatic carbocycles. The Morgan fingerprint density at radius 2 is 1.83 bits per heavy atom. The maximum absolute atomic E-state index is 11.7. The first-order valence-corrected chi connectivity index (χ1v) is 11.9. The highest BCUT2D eigenvalue weighted by molar-refractivity contribution is 5.90. The molecule has 35 heavy (non-hydrogen) atoms. The summed E-state index contributed by atoms with van der Waals surface area (Å²) in [5.41, 5.74) is 4.43. The molecule has 182 valence electrons. The molecule has 9 heteroatoms. The summed E-state index contributed by atoms with van der Waals surface area (Å²) in [6.45, 7) is 6.83. The summed E-state index contributed by atoms with van der Waals surface area (Å²) in [4.78, 5) is 25.8. The molecule has 1 saturated heterocycles. The number of piperazine rings is 1. The van der Waals surface area contributed by atoms with Crippen molar-refractivity contribution in [3.63, 3.8) is 0 Å². The van der Waals surface area contributed by atoms with Crippen LogP contribution in [0.25, 0.3) is 0 Å². The molecule has 1 fully saturated rings. The van der Waals surface area contributed by atoms with E-state index in [1.54, 1.807) is 6.07 Å². The van der Waals surface area contributed by atoms with Gasteiger partial charge in [-0.05, 0) is 43.4 Å². The number of nitrogens with one attached hydrogen (secondary N) is 2. The lowest BCUT2D eigenvalue weighted by Gasteiger charge is -2.34. The third-order valence-electron chi connectivity index (χ3n) is 6.19. The molecule has 0 unspecified atom stereocenters. The minimum atomic E-state index is -0.0522. The Morgan fingerprint density at radius 3 is 2.60 bits per heavy atom. The predicted molar refractivity (Wildman–Crippen MR) is 135 cm³/mol. The number of rotatable bonds is 7. The number of carbonyl (C=O) groups excluding carboxylic acids is 1. The summed E-state index contributed by atoms with van der Waals surface area (Å²) in [5.74, 6) is 1.42. The smallest absolute Gasteiger partial charge is 0.230 e. The van der Waals surface area contributed by atoms with E-state index in [1.165, 1.54) is 5.69 Å². The SMILES string of the molecule is CCC(=O)Nc1cccc(Oc2nc(Nc3ccc(N4CCN(C)CC4)cc3)nc3c2COC3)c1. The van der Waals surface area contributed by atoms with Gasteiger partial charge in [-0.2, -0.15) is 4.98 Å². The highest BCUT2D eigenvalue weighted by Crippen LogP contribution is 2.33. The molecular formula is C26H30N6O3. The van der Waals surface area contributed by atoms with Crippen LogP contribution in [0.4, 0.5) is 23.0 Å². The first-order valence-electron chi connectivity index (χ1n) is 11.9. The summed E-state index contributed by atoms with van der Waals surface area (Å²) in [6.07, 6.45) is 0.410. The van der Waals surface area contributed by atoms with Gasteiger partial charge in [0.05, 0.1) is 24.5 Å². The van der Waals surface area contributed by atoms with Crippen molar-refractivity contribution in [3.05, 3.63) is 59.8 Å². The fourth-order valence-corrected chi connectivity index (χ4v) is 4.11. The van der Waals surface area contributed by atoms with Gasteiger partial charge in [0.1, 0.15) is 5.75 Å². The van der Waals surface area contributed by atoms with Crippen LogP contribution in [-0.4, -0.2) is 54.0 Å². The molecule has 2 aliphatic rings. The first-order chi connectivity index (χ1) is 17.1. The van der Waals surface area contributed by atoms with E-state index in [0.717, 1.165) is 43.1 Å². The molecule has 0 spiro atoms. The van der Waals surface area contributed by atoms with Crippen LogP contribution < -0.4 is 20.3 Å². The monoisotopic (exact) mass is 474 g/mol. The fraction of sp³-hybridized carbons (Fsp3) is 0.346. The van der Waals surface area contributed by atoms with Crippen molar-refractivity contribution in [3.8, 4) is 11.6 Å². The molecule has 0 aliphatic carbocycles. The molecule has 3 heterocycles. The van der Waals surface area contributed by atoms with E-state index >= 15 is 0 Å². The van der Waals surface area contributed by atoms with Crippen LogP contribution in [0.1, 0.15) is 24.6 Å². The van der Waals surface area contributed by atoms with E-state index < -0.39 is 0 Å². The minimum absolute atomic E-state index is 0.0522. The van der Waals surface area contributed by atoms with E-state index in [9.17, 15) is 4.79 Å². The standard InChI is InChI=1S/C26H30N6O3/c1-3-24(33)27-19-5-4-6-21(15-19)35-25-22-16-34-17-23(22)29-26(30-25)28-18-7-9-20(10-8-18)32-13-11-31(2)12-14-32/h4-10,15H,3,11-14,16-17H2,1-2H3,(H,27,33)(H,28,29,30). The van der Waals surface area contributed by atoms with Gasteiger partial charge in [-0.25, -0.2) is 4.98 Å². The van der Waals surface area contributed by atoms with Crippen molar-refractivity contribution in [1.82, 2.24) is 14.9 Å². The Bertz CT molecular complexity index is 1190. The van der Waals surface area contributed by atoms with Crippen molar-refractivity contribution in [2.45, 2.75) is 26.6 Å². The molecule has 2 N–H and O–H groups in total. The van der Waals surface area contributed by atoms with Gasteiger partial charge in [-0.1, -0.05) is 13.0 Å². The number of hydrogen-bond acceptors (Lipinski definition) is 8. The van der Waals surface area contributed by atoms with E-state index in [1.807, 2.05) is 37.3 Å². The Balaban J connectivity index is 1.32. The minimum Gasteiger partial charge on any atom is -0.438 e. The van der Waals surface area contributed by atoms with Crippen molar-refractivity contribution < 1.29 is 14.3 Å². The van der Waals surface area contributed by atoms with Crippen LogP contribution in [-0.2, 0) is 22.7 Å². The second kappa shape index (κ2) is 10.3. The second-order valence-corrected chi connectivity index (χ2v) is 8.76. The van der Waals surface area contributed by atoms with E-state index in [4.69, 9.17) is 9.47 Å². The van der Waals surface area contributed by atoms with Gasteiger partial charge >= 0.3 is 0 Å². The highest BCUT2D eigenvalue weighted by Gasteiger charge is 2.22. The Kier molecular flexibility index (Phi) is 6.78. The zero-order chi connectivity index (χ0) is 24.2. The summed E-state index contributed by atoms with van der Waals surface area (Å²) in [5, 5.41) is 6.15. The first kappa shape index (κ1) is 23.1. The van der Waals surface area contributed by atoms with Crippen LogP contribution in [0.15, 0.2) is 48.5 Å². The topological polar surface area (TPSA) is 91.8 Å². The molecule has 0 radical (unpaired) electrons. The van der Waals surface area contributed by atoms with Crippen molar-refractivity contribution >= 4 is 28.9 Å². The van der Waals surface area contributed by atoms with Gasteiger partial charge in [0.25, 0.3) is 0 Å². The number of likely N-dealkylation sites (N-methyl/N-ethyl adjacent to an activating group) is 1. The average molecular weight is 475 g/mol. The van der Waals surface area contributed by atoms with Gasteiger partial charge in [0, 0.05) is 55.7 Å². The average Bonchev–Trinajstić information content (AvgIpc) is 3.34. The number of benzene rings is 2. The van der Waals surface area contributed by atoms with Crippen LogP contribution in [0.3, 0.4) is 0 Å². The summed E-state index contributed by atoms with van der Waals surface area (Å²) in [7, 11) is 2.16. The second-order valence-electron chi connectivity index (χ2n) is 8.76. The number of amides is 1. The molecule has 0 bridgehead atoms. The molecule has 0 atom stereocenters. The number of anilines is 4. The molecule has 1 amide bonds. The van der Waals surface area contributed by atoms with E-state index in [2.05, 4.69) is 49.6 Å². The fourth-order valence-electron chi connectivity index (χ4n) is 4.11. The molecule has 1 aromatic heterocycles. The Hall–Kier alpha value is -3.69. The number of ether oxygens (including phenoxy) is 2. The normalized spacial score (nSPS) is 15.5. The van der Waals surface area contributed by atoms with Crippen LogP contribution in [0.2, 0.25) is 0 Å². The number of fused-ring (bicyclic) bond motifs is 1. The molecule has 9 nitrogen and oxygen atoms in total.